The molecule has 1 nitrogen and oxygen atoms in total. The van der Waals surface area contributed by atoms with E-state index in [0.717, 1.165) is 48.3 Å². The van der Waals surface area contributed by atoms with Gasteiger partial charge in [0.05, 0.1) is 6.10 Å². The summed E-state index contributed by atoms with van der Waals surface area (Å²) in [7, 11) is 0. The van der Waals surface area contributed by atoms with Crippen molar-refractivity contribution in [2.45, 2.75) is 25.4 Å². The van der Waals surface area contributed by atoms with Crippen molar-refractivity contribution < 1.29 is 5.11 Å². The zero-order valence-corrected chi connectivity index (χ0v) is 6.61. The zero-order valence-electron chi connectivity index (χ0n) is 6.61. The van der Waals surface area contributed by atoms with Crippen LogP contribution in [-0.2, 0) is 0 Å². The molecule has 0 amide bonds. The molecule has 5 saturated carbocycles. The third-order valence-electron chi connectivity index (χ3n) is 5.01. The normalized spacial score (nSPS) is 75.5. The monoisotopic (exact) mass is 150 g/mol. The van der Waals surface area contributed by atoms with Gasteiger partial charge >= 0.3 is 0 Å². The van der Waals surface area contributed by atoms with Gasteiger partial charge in [0, 0.05) is 0 Å². The van der Waals surface area contributed by atoms with Crippen LogP contribution in [0.2, 0.25) is 0 Å². The zero-order chi connectivity index (χ0) is 7.16. The van der Waals surface area contributed by atoms with Gasteiger partial charge in [-0.2, -0.15) is 0 Å². The Kier molecular flexibility index (Phi) is 0.706. The second-order valence-corrected chi connectivity index (χ2v) is 5.17. The molecule has 5 rings (SSSR count). The van der Waals surface area contributed by atoms with E-state index in [-0.39, 0.29) is 6.10 Å². The fourth-order valence-electron chi connectivity index (χ4n) is 4.89. The Labute approximate surface area is 66.8 Å². The summed E-state index contributed by atoms with van der Waals surface area (Å²) in [6.07, 6.45) is 3.92. The second kappa shape index (κ2) is 1.39. The molecular formula is C10H14O. The van der Waals surface area contributed by atoms with Crippen molar-refractivity contribution in [1.29, 1.82) is 0 Å². The average molecular weight is 150 g/mol. The molecule has 5 aliphatic carbocycles. The molecule has 0 aromatic carbocycles. The summed E-state index contributed by atoms with van der Waals surface area (Å²) in [5, 5.41) is 9.56. The molecule has 60 valence electrons. The van der Waals surface area contributed by atoms with Crippen molar-refractivity contribution in [3.8, 4) is 0 Å². The highest BCUT2D eigenvalue weighted by Gasteiger charge is 2.74. The third-order valence-corrected chi connectivity index (χ3v) is 5.01. The Morgan fingerprint density at radius 1 is 0.727 bits per heavy atom. The van der Waals surface area contributed by atoms with E-state index in [1.165, 1.54) is 6.42 Å². The summed E-state index contributed by atoms with van der Waals surface area (Å²) in [6.45, 7) is 0. The molecule has 0 heterocycles. The van der Waals surface area contributed by atoms with Crippen LogP contribution in [0, 0.1) is 35.5 Å². The van der Waals surface area contributed by atoms with Gasteiger partial charge in [-0.1, -0.05) is 0 Å². The summed E-state index contributed by atoms with van der Waals surface area (Å²) in [6, 6.07) is 0. The van der Waals surface area contributed by atoms with Crippen molar-refractivity contribution in [2.24, 2.45) is 35.5 Å². The predicted octanol–water partition coefficient (Wildman–Crippen LogP) is 1.27. The van der Waals surface area contributed by atoms with E-state index in [1.54, 1.807) is 0 Å². The first-order valence-electron chi connectivity index (χ1n) is 5.04. The van der Waals surface area contributed by atoms with Crippen molar-refractivity contribution >= 4 is 0 Å². The van der Waals surface area contributed by atoms with Crippen molar-refractivity contribution in [3.05, 3.63) is 0 Å². The van der Waals surface area contributed by atoms with Crippen LogP contribution >= 0.6 is 0 Å². The summed E-state index contributed by atoms with van der Waals surface area (Å²) in [5.74, 6) is 6.35. The number of aliphatic hydroxyl groups excluding tert-OH is 1. The molecule has 0 aromatic heterocycles. The highest BCUT2D eigenvalue weighted by Crippen LogP contribution is 2.78. The van der Waals surface area contributed by atoms with Crippen LogP contribution in [0.25, 0.3) is 0 Å². The quantitative estimate of drug-likeness (QED) is 0.551. The molecule has 5 unspecified atom stereocenters. The molecular weight excluding hydrogens is 136 g/mol. The van der Waals surface area contributed by atoms with Crippen LogP contribution in [0.3, 0.4) is 0 Å². The Bertz CT molecular complexity index is 205. The van der Waals surface area contributed by atoms with E-state index in [9.17, 15) is 5.11 Å². The van der Waals surface area contributed by atoms with E-state index >= 15 is 0 Å². The maximum atomic E-state index is 9.56. The van der Waals surface area contributed by atoms with Crippen LogP contribution in [0.1, 0.15) is 19.3 Å². The van der Waals surface area contributed by atoms with Gasteiger partial charge in [0.1, 0.15) is 0 Å². The minimum Gasteiger partial charge on any atom is -0.393 e. The van der Waals surface area contributed by atoms with Gasteiger partial charge in [0.25, 0.3) is 0 Å². The Balaban J connectivity index is 1.81. The standard InChI is InChI=1S/C10H14O/c11-4-1-6-5-3-8-9(6)10(8)7(5)2-4/h4-11H,1-3H2/t4?,5?,6-,7+,8?,9?,10?. The first-order chi connectivity index (χ1) is 5.36. The van der Waals surface area contributed by atoms with E-state index in [1.807, 2.05) is 0 Å². The Hall–Kier alpha value is -0.0400. The minimum absolute atomic E-state index is 0.0767. The molecule has 1 N–H and O–H groups in total. The van der Waals surface area contributed by atoms with Gasteiger partial charge < -0.3 is 5.11 Å². The van der Waals surface area contributed by atoms with Gasteiger partial charge in [-0.3, -0.25) is 0 Å². The fraction of sp³-hybridized carbons (Fsp3) is 1.00. The molecule has 5 aliphatic rings. The molecule has 1 heteroatoms. The Morgan fingerprint density at radius 3 is 1.91 bits per heavy atom. The second-order valence-electron chi connectivity index (χ2n) is 5.17. The van der Waals surface area contributed by atoms with Gasteiger partial charge in [-0.15, -0.1) is 0 Å². The van der Waals surface area contributed by atoms with Gasteiger partial charge in [0.15, 0.2) is 0 Å². The largest absolute Gasteiger partial charge is 0.393 e. The van der Waals surface area contributed by atoms with Crippen LogP contribution in [0.15, 0.2) is 0 Å². The van der Waals surface area contributed by atoms with Gasteiger partial charge in [-0.25, -0.2) is 0 Å². The first-order valence-corrected chi connectivity index (χ1v) is 5.04. The number of aliphatic hydroxyl groups is 1. The average Bonchev–Trinajstić information content (AvgIpc) is 2.33. The fourth-order valence-corrected chi connectivity index (χ4v) is 4.89. The van der Waals surface area contributed by atoms with Crippen LogP contribution in [0.4, 0.5) is 0 Å². The van der Waals surface area contributed by atoms with E-state index in [0.29, 0.717) is 0 Å². The van der Waals surface area contributed by atoms with Gasteiger partial charge in [-0.05, 0) is 54.8 Å². The van der Waals surface area contributed by atoms with Crippen molar-refractivity contribution in [1.82, 2.24) is 0 Å². The molecule has 0 spiro atoms. The molecule has 0 saturated heterocycles. The lowest BCUT2D eigenvalue weighted by molar-refractivity contribution is 0.0645. The summed E-state index contributed by atoms with van der Waals surface area (Å²) >= 11 is 0. The smallest absolute Gasteiger partial charge is 0.0546 e. The van der Waals surface area contributed by atoms with E-state index in [4.69, 9.17) is 0 Å². The minimum atomic E-state index is 0.0767. The lowest BCUT2D eigenvalue weighted by Crippen LogP contribution is -2.27. The lowest BCUT2D eigenvalue weighted by Gasteiger charge is -2.29. The van der Waals surface area contributed by atoms with Crippen LogP contribution in [-0.4, -0.2) is 11.2 Å². The summed E-state index contributed by atoms with van der Waals surface area (Å²) < 4.78 is 0. The molecule has 0 radical (unpaired) electrons. The number of hydrogen-bond donors (Lipinski definition) is 1. The maximum absolute atomic E-state index is 9.56. The maximum Gasteiger partial charge on any atom is 0.0546 e. The molecule has 0 aromatic rings. The van der Waals surface area contributed by atoms with Crippen LogP contribution in [0.5, 0.6) is 0 Å². The summed E-state index contributed by atoms with van der Waals surface area (Å²) in [4.78, 5) is 0. The van der Waals surface area contributed by atoms with Crippen molar-refractivity contribution in [3.63, 3.8) is 0 Å². The molecule has 0 aliphatic heterocycles. The first kappa shape index (κ1) is 5.58. The van der Waals surface area contributed by atoms with Gasteiger partial charge in [0.2, 0.25) is 0 Å². The SMILES string of the molecule is OC1C[C@@H]2C3C4CC2[C@@H](C1)C43. The number of rotatable bonds is 0. The molecule has 7 atom stereocenters. The van der Waals surface area contributed by atoms with Crippen molar-refractivity contribution in [2.75, 3.05) is 0 Å². The topological polar surface area (TPSA) is 20.2 Å². The highest BCUT2D eigenvalue weighted by molar-refractivity contribution is 5.22. The van der Waals surface area contributed by atoms with E-state index in [2.05, 4.69) is 0 Å². The number of hydrogen-bond acceptors (Lipinski definition) is 1. The molecule has 5 fully saturated rings. The van der Waals surface area contributed by atoms with E-state index < -0.39 is 0 Å². The highest BCUT2D eigenvalue weighted by atomic mass is 16.3. The lowest BCUT2D eigenvalue weighted by atomic mass is 9.78. The summed E-state index contributed by atoms with van der Waals surface area (Å²) in [5.41, 5.74) is 0. The molecule has 6 bridgehead atoms. The molecule has 11 heavy (non-hydrogen) atoms. The predicted molar refractivity (Wildman–Crippen MR) is 40.8 cm³/mol. The van der Waals surface area contributed by atoms with Crippen LogP contribution < -0.4 is 0 Å². The third kappa shape index (κ3) is 0.438. The Morgan fingerprint density at radius 2 is 1.36 bits per heavy atom.